The number of hydrogen-bond acceptors (Lipinski definition) is 13. The second-order valence-electron chi connectivity index (χ2n) is 23.3. The van der Waals surface area contributed by atoms with Crippen molar-refractivity contribution in [1.82, 2.24) is 15.5 Å². The fourth-order valence-electron chi connectivity index (χ4n) is 15.1. The lowest BCUT2D eigenvalue weighted by Crippen LogP contribution is -2.55. The number of aryl methyl sites for hydroxylation is 1. The summed E-state index contributed by atoms with van der Waals surface area (Å²) >= 11 is 0. The molecule has 0 radical (unpaired) electrons. The van der Waals surface area contributed by atoms with E-state index in [4.69, 9.17) is 25.9 Å². The molecule has 1 amide bonds. The molecule has 0 aromatic heterocycles. The highest BCUT2D eigenvalue weighted by Crippen LogP contribution is 2.64. The minimum Gasteiger partial charge on any atom is -0.504 e. The average molecular weight is 985 g/mol. The molecule has 4 saturated carbocycles. The van der Waals surface area contributed by atoms with Crippen LogP contribution in [-0.4, -0.2) is 81.0 Å². The standard InChI is InChI=1S/C55H80N6O6S2/c1-37(62)66-44-13-12-39-29-41(48(65)49-47(39)40-14-24-54(67-49)22-8-10-42(54)30-40)34-61-35-52(33-46(61)64,32-38-15-26-58-45(56)28-38)25-27-59-50(57)60-55(23-9-21-53(55)19-6-7-20-53)69-68-36-51(17-4-5-18-51)16-3-2-11-43(63)31-44/h14-15,24,28-29,40,42-44,58,63,65H,2-13,16-23,25-27,30-36,56H2,1H3,(H3,57,59,60)/t40-,42-,43-,44+,52+,54+,55+/m0/s1. The molecule has 7 atom stereocenters. The maximum atomic E-state index is 14.5. The molecular weight excluding hydrogens is 905 g/mol. The van der Waals surface area contributed by atoms with Gasteiger partial charge in [0.1, 0.15) is 16.6 Å². The van der Waals surface area contributed by atoms with Crippen molar-refractivity contribution in [3.8, 4) is 11.5 Å². The van der Waals surface area contributed by atoms with Gasteiger partial charge < -0.3 is 46.7 Å². The zero-order chi connectivity index (χ0) is 47.9. The maximum Gasteiger partial charge on any atom is 0.302 e. The van der Waals surface area contributed by atoms with Gasteiger partial charge in [-0.3, -0.25) is 14.6 Å². The monoisotopic (exact) mass is 985 g/mol. The Morgan fingerprint density at radius 3 is 2.54 bits per heavy atom. The predicted octanol–water partition coefficient (Wildman–Crippen LogP) is 9.67. The number of phenolic OH excluding ortho intramolecular Hbond substituents is 1. The molecule has 1 aromatic carbocycles. The van der Waals surface area contributed by atoms with Crippen molar-refractivity contribution in [1.29, 1.82) is 0 Å². The molecule has 8 N–H and O–H groups in total. The van der Waals surface area contributed by atoms with E-state index in [0.717, 1.165) is 67.4 Å². The number of aliphatic hydroxyl groups is 1. The van der Waals surface area contributed by atoms with Gasteiger partial charge in [-0.15, -0.1) is 0 Å². The SMILES string of the molecule is CC(=O)O[C@@H]1CCc2cc(c(O)c3c2[C@H]2C=C[C@@]4(CCC[C@H]4C2)O3)CN2C[C@@](CC3=CCNC(N)=C3)(CCN=C(N)N[C@]3(CCCC34CCCC4)SSCC3(CCCC[C@H](O)C1)CCCC3)CC2=O. The van der Waals surface area contributed by atoms with Crippen LogP contribution in [0.2, 0.25) is 0 Å². The van der Waals surface area contributed by atoms with Crippen LogP contribution in [0.25, 0.3) is 0 Å². The summed E-state index contributed by atoms with van der Waals surface area (Å²) in [5, 5.41) is 31.1. The molecule has 69 heavy (non-hydrogen) atoms. The van der Waals surface area contributed by atoms with E-state index in [1.807, 2.05) is 11.0 Å². The zero-order valence-electron chi connectivity index (χ0n) is 41.3. The smallest absolute Gasteiger partial charge is 0.302 e. The van der Waals surface area contributed by atoms with Crippen molar-refractivity contribution < 1.29 is 29.3 Å². The number of amides is 1. The van der Waals surface area contributed by atoms with Crippen LogP contribution in [0.4, 0.5) is 0 Å². The number of fused-ring (bicyclic) bond motifs is 5. The first-order chi connectivity index (χ1) is 33.3. The first-order valence-electron chi connectivity index (χ1n) is 27.0. The number of esters is 1. The highest BCUT2D eigenvalue weighted by Gasteiger charge is 2.57. The Balaban J connectivity index is 0.986. The Labute approximate surface area is 418 Å². The van der Waals surface area contributed by atoms with Gasteiger partial charge in [0, 0.05) is 85.5 Å². The Kier molecular flexibility index (Phi) is 14.4. The van der Waals surface area contributed by atoms with Crippen molar-refractivity contribution in [2.45, 2.75) is 203 Å². The quantitative estimate of drug-likeness (QED) is 0.0959. The number of nitrogens with one attached hydrogen (secondary N) is 2. The molecule has 4 spiro atoms. The number of nitrogens with two attached hydrogens (primary N) is 2. The van der Waals surface area contributed by atoms with E-state index < -0.39 is 23.2 Å². The van der Waals surface area contributed by atoms with Crippen LogP contribution in [0.3, 0.4) is 0 Å². The Hall–Kier alpha value is -3.49. The van der Waals surface area contributed by atoms with Gasteiger partial charge in [-0.05, 0) is 144 Å². The number of carbonyl (C=O) groups excluding carboxylic acids is 2. The minimum atomic E-state index is -0.581. The topological polar surface area (TPSA) is 185 Å². The van der Waals surface area contributed by atoms with Crippen LogP contribution in [-0.2, 0) is 27.3 Å². The van der Waals surface area contributed by atoms with Gasteiger partial charge in [0.2, 0.25) is 5.91 Å². The number of ether oxygens (including phenoxy) is 2. The minimum absolute atomic E-state index is 0.0485. The lowest BCUT2D eigenvalue weighted by molar-refractivity contribution is -0.148. The van der Waals surface area contributed by atoms with E-state index in [9.17, 15) is 19.8 Å². The van der Waals surface area contributed by atoms with Gasteiger partial charge >= 0.3 is 5.97 Å². The fourth-order valence-corrected chi connectivity index (χ4v) is 19.3. The van der Waals surface area contributed by atoms with Gasteiger partial charge in [0.05, 0.1) is 11.9 Å². The maximum absolute atomic E-state index is 14.5. The van der Waals surface area contributed by atoms with Crippen LogP contribution in [0.1, 0.15) is 184 Å². The number of aliphatic imine (C=N–C) groups is 1. The summed E-state index contributed by atoms with van der Waals surface area (Å²) in [4.78, 5) is 34.0. The number of phenols is 1. The summed E-state index contributed by atoms with van der Waals surface area (Å²) in [6, 6.07) is 2.09. The van der Waals surface area contributed by atoms with E-state index in [-0.39, 0.29) is 40.4 Å². The lowest BCUT2D eigenvalue weighted by Gasteiger charge is -2.44. The summed E-state index contributed by atoms with van der Waals surface area (Å²) in [5.41, 5.74) is 16.8. The number of aliphatic hydroxyl groups excluding tert-OH is 1. The van der Waals surface area contributed by atoms with Gasteiger partial charge in [-0.2, -0.15) is 0 Å². The largest absolute Gasteiger partial charge is 0.504 e. The van der Waals surface area contributed by atoms with Crippen molar-refractivity contribution in [2.24, 2.45) is 38.6 Å². The molecule has 1 saturated heterocycles. The third kappa shape index (κ3) is 10.2. The molecule has 14 heteroatoms. The second kappa shape index (κ2) is 20.2. The normalized spacial score (nSPS) is 34.8. The molecule has 5 aliphatic heterocycles. The Morgan fingerprint density at radius 1 is 0.957 bits per heavy atom. The van der Waals surface area contributed by atoms with Gasteiger partial charge in [0.25, 0.3) is 0 Å². The van der Waals surface area contributed by atoms with Crippen molar-refractivity contribution in [3.63, 3.8) is 0 Å². The molecule has 12 nitrogen and oxygen atoms in total. The number of guanidine groups is 1. The van der Waals surface area contributed by atoms with Crippen molar-refractivity contribution >= 4 is 39.4 Å². The van der Waals surface area contributed by atoms with E-state index in [2.05, 4.69) is 56.5 Å². The van der Waals surface area contributed by atoms with Crippen molar-refractivity contribution in [3.05, 3.63) is 58.5 Å². The van der Waals surface area contributed by atoms with Crippen LogP contribution in [0, 0.1) is 22.2 Å². The average Bonchev–Trinajstić information content (AvgIpc) is 4.15. The molecule has 10 aliphatic rings. The van der Waals surface area contributed by atoms with Gasteiger partial charge in [0.15, 0.2) is 17.5 Å². The highest BCUT2D eigenvalue weighted by atomic mass is 33.1. The Bertz CT molecular complexity index is 2210. The van der Waals surface area contributed by atoms with E-state index in [1.54, 1.807) is 0 Å². The molecular formula is C55H80N6O6S2. The molecule has 5 aliphatic carbocycles. The van der Waals surface area contributed by atoms with E-state index >= 15 is 0 Å². The number of hydrogen-bond donors (Lipinski definition) is 6. The van der Waals surface area contributed by atoms with Crippen molar-refractivity contribution in [2.75, 3.05) is 25.4 Å². The lowest BCUT2D eigenvalue weighted by atomic mass is 9.75. The molecule has 378 valence electrons. The summed E-state index contributed by atoms with van der Waals surface area (Å²) in [6.45, 7) is 3.33. The molecule has 5 fully saturated rings. The number of allylic oxidation sites excluding steroid dienone is 3. The molecule has 0 unspecified atom stereocenters. The number of nitrogens with zero attached hydrogens (tertiary/aromatic N) is 2. The third-order valence-corrected chi connectivity index (χ3v) is 22.1. The molecule has 1 aromatic rings. The number of benzene rings is 1. The van der Waals surface area contributed by atoms with Crippen LogP contribution >= 0.6 is 21.6 Å². The van der Waals surface area contributed by atoms with Crippen LogP contribution in [0.5, 0.6) is 11.5 Å². The second-order valence-corrected chi connectivity index (χ2v) is 25.9. The third-order valence-electron chi connectivity index (χ3n) is 18.6. The van der Waals surface area contributed by atoms with Crippen LogP contribution < -0.4 is 26.8 Å². The number of dihydropyridines is 1. The first kappa shape index (κ1) is 49.1. The highest BCUT2D eigenvalue weighted by molar-refractivity contribution is 8.77. The first-order valence-corrected chi connectivity index (χ1v) is 29.3. The van der Waals surface area contributed by atoms with Gasteiger partial charge in [-0.25, -0.2) is 0 Å². The Morgan fingerprint density at radius 2 is 1.74 bits per heavy atom. The molecule has 11 rings (SSSR count). The molecule has 5 heterocycles. The zero-order valence-corrected chi connectivity index (χ0v) is 42.9. The van der Waals surface area contributed by atoms with Crippen LogP contribution in [0.15, 0.2) is 46.8 Å². The van der Waals surface area contributed by atoms with Gasteiger partial charge in [-0.1, -0.05) is 72.3 Å². The summed E-state index contributed by atoms with van der Waals surface area (Å²) in [6.07, 6.45) is 32.3. The van der Waals surface area contributed by atoms with E-state index in [1.165, 1.54) is 77.6 Å². The fraction of sp³-hybridized carbons (Fsp3) is 0.727. The summed E-state index contributed by atoms with van der Waals surface area (Å²) in [5.74, 6) is 3.09. The summed E-state index contributed by atoms with van der Waals surface area (Å²) in [7, 11) is 4.12. The number of aromatic hydroxyl groups is 1. The molecule has 6 bridgehead atoms. The summed E-state index contributed by atoms with van der Waals surface area (Å²) < 4.78 is 13.1. The number of carbonyl (C=O) groups is 2. The predicted molar refractivity (Wildman–Crippen MR) is 276 cm³/mol. The number of rotatable bonds is 3. The van der Waals surface area contributed by atoms with E-state index in [0.29, 0.717) is 99.0 Å².